The molecule has 1 heterocycles. The van der Waals surface area contributed by atoms with Crippen LogP contribution in [0.1, 0.15) is 67.6 Å². The largest absolute Gasteiger partial charge is 0.462 e. The standard InChI is InChI=1S/C27H30N2O5S2/c1-5-34-27(31)24-20-10-6-7-12-22(20)35-26(24)28-25(30)19-14-13-17(3)23(15-19)36(32,33)29-21-11-8-9-16(2)18(21)4/h8-9,11,13-15,29H,5-7,10,12H2,1-4H3,(H,28,30). The van der Waals surface area contributed by atoms with Gasteiger partial charge in [-0.2, -0.15) is 0 Å². The zero-order valence-electron chi connectivity index (χ0n) is 20.9. The minimum Gasteiger partial charge on any atom is -0.462 e. The Labute approximate surface area is 215 Å². The topological polar surface area (TPSA) is 102 Å². The molecule has 3 aromatic rings. The maximum atomic E-state index is 13.3. The first kappa shape index (κ1) is 25.9. The number of fused-ring (bicyclic) bond motifs is 1. The van der Waals surface area contributed by atoms with Gasteiger partial charge >= 0.3 is 5.97 Å². The van der Waals surface area contributed by atoms with Crippen molar-refractivity contribution in [3.63, 3.8) is 0 Å². The quantitative estimate of drug-likeness (QED) is 0.380. The summed E-state index contributed by atoms with van der Waals surface area (Å²) in [5.74, 6) is -0.931. The lowest BCUT2D eigenvalue weighted by Crippen LogP contribution is -2.18. The van der Waals surface area contributed by atoms with Gasteiger partial charge in [0.15, 0.2) is 0 Å². The number of benzene rings is 2. The van der Waals surface area contributed by atoms with Crippen LogP contribution in [-0.2, 0) is 27.6 Å². The van der Waals surface area contributed by atoms with E-state index in [2.05, 4.69) is 10.0 Å². The maximum absolute atomic E-state index is 13.3. The molecule has 0 spiro atoms. The van der Waals surface area contributed by atoms with Gasteiger partial charge in [-0.15, -0.1) is 11.3 Å². The lowest BCUT2D eigenvalue weighted by atomic mass is 9.95. The second-order valence-corrected chi connectivity index (χ2v) is 11.7. The van der Waals surface area contributed by atoms with Crippen LogP contribution in [0.15, 0.2) is 41.3 Å². The minimum absolute atomic E-state index is 0.0205. The molecule has 1 aromatic heterocycles. The van der Waals surface area contributed by atoms with Crippen LogP contribution in [0.25, 0.3) is 0 Å². The van der Waals surface area contributed by atoms with E-state index in [9.17, 15) is 18.0 Å². The smallest absolute Gasteiger partial charge is 0.341 e. The average molecular weight is 527 g/mol. The summed E-state index contributed by atoms with van der Waals surface area (Å²) in [5.41, 5.74) is 4.36. The summed E-state index contributed by atoms with van der Waals surface area (Å²) in [4.78, 5) is 27.1. The first-order chi connectivity index (χ1) is 17.1. The highest BCUT2D eigenvalue weighted by molar-refractivity contribution is 7.92. The van der Waals surface area contributed by atoms with Crippen molar-refractivity contribution in [2.45, 2.75) is 58.3 Å². The van der Waals surface area contributed by atoms with E-state index < -0.39 is 21.9 Å². The molecule has 1 aliphatic carbocycles. The fourth-order valence-electron chi connectivity index (χ4n) is 4.34. The number of esters is 1. The highest BCUT2D eigenvalue weighted by Crippen LogP contribution is 2.39. The first-order valence-electron chi connectivity index (χ1n) is 11.9. The van der Waals surface area contributed by atoms with Gasteiger partial charge in [0.1, 0.15) is 5.00 Å². The number of rotatable bonds is 7. The molecule has 7 nitrogen and oxygen atoms in total. The van der Waals surface area contributed by atoms with Gasteiger partial charge in [-0.05, 0) is 93.8 Å². The van der Waals surface area contributed by atoms with Crippen LogP contribution in [0.3, 0.4) is 0 Å². The van der Waals surface area contributed by atoms with E-state index >= 15 is 0 Å². The molecular weight excluding hydrogens is 496 g/mol. The minimum atomic E-state index is -3.94. The van der Waals surface area contributed by atoms with Gasteiger partial charge < -0.3 is 10.1 Å². The monoisotopic (exact) mass is 526 g/mol. The van der Waals surface area contributed by atoms with E-state index in [0.29, 0.717) is 21.8 Å². The molecule has 36 heavy (non-hydrogen) atoms. The lowest BCUT2D eigenvalue weighted by molar-refractivity contribution is 0.0526. The molecule has 190 valence electrons. The Morgan fingerprint density at radius 3 is 2.53 bits per heavy atom. The second-order valence-electron chi connectivity index (χ2n) is 8.92. The molecule has 0 atom stereocenters. The molecule has 0 bridgehead atoms. The molecule has 0 saturated heterocycles. The average Bonchev–Trinajstić information content (AvgIpc) is 3.20. The molecule has 9 heteroatoms. The Morgan fingerprint density at radius 2 is 1.78 bits per heavy atom. The maximum Gasteiger partial charge on any atom is 0.341 e. The van der Waals surface area contributed by atoms with E-state index in [1.165, 1.54) is 17.4 Å². The van der Waals surface area contributed by atoms with Crippen molar-refractivity contribution < 1.29 is 22.7 Å². The van der Waals surface area contributed by atoms with Crippen LogP contribution in [0.4, 0.5) is 10.7 Å². The molecule has 4 rings (SSSR count). The predicted octanol–water partition coefficient (Wildman–Crippen LogP) is 5.78. The highest BCUT2D eigenvalue weighted by Gasteiger charge is 2.28. The third-order valence-corrected chi connectivity index (χ3v) is 9.18. The number of thiophene rings is 1. The Hall–Kier alpha value is -3.17. The van der Waals surface area contributed by atoms with Crippen LogP contribution in [0.2, 0.25) is 0 Å². The first-order valence-corrected chi connectivity index (χ1v) is 14.2. The zero-order valence-corrected chi connectivity index (χ0v) is 22.5. The molecule has 0 unspecified atom stereocenters. The number of hydrogen-bond donors (Lipinski definition) is 2. The number of hydrogen-bond acceptors (Lipinski definition) is 6. The highest BCUT2D eigenvalue weighted by atomic mass is 32.2. The van der Waals surface area contributed by atoms with Gasteiger partial charge in [-0.3, -0.25) is 9.52 Å². The molecule has 2 aromatic carbocycles. The zero-order chi connectivity index (χ0) is 26.0. The van der Waals surface area contributed by atoms with Gasteiger partial charge in [0.25, 0.3) is 15.9 Å². The number of anilines is 2. The summed E-state index contributed by atoms with van der Waals surface area (Å²) >= 11 is 1.39. The van der Waals surface area contributed by atoms with E-state index in [4.69, 9.17) is 4.74 Å². The number of aryl methyl sites for hydroxylation is 3. The van der Waals surface area contributed by atoms with Gasteiger partial charge in [-0.1, -0.05) is 18.2 Å². The van der Waals surface area contributed by atoms with Crippen molar-refractivity contribution in [2.75, 3.05) is 16.6 Å². The van der Waals surface area contributed by atoms with E-state index in [0.717, 1.165) is 47.3 Å². The summed E-state index contributed by atoms with van der Waals surface area (Å²) < 4.78 is 34.4. The van der Waals surface area contributed by atoms with Gasteiger partial charge in [-0.25, -0.2) is 13.2 Å². The van der Waals surface area contributed by atoms with Crippen molar-refractivity contribution in [2.24, 2.45) is 0 Å². The molecule has 0 radical (unpaired) electrons. The molecule has 2 N–H and O–H groups in total. The predicted molar refractivity (Wildman–Crippen MR) is 143 cm³/mol. The summed E-state index contributed by atoms with van der Waals surface area (Å²) in [6.07, 6.45) is 3.65. The number of amides is 1. The van der Waals surface area contributed by atoms with Crippen LogP contribution >= 0.6 is 11.3 Å². The number of sulfonamides is 1. The number of ether oxygens (including phenoxy) is 1. The summed E-state index contributed by atoms with van der Waals surface area (Å²) in [6, 6.07) is 9.98. The summed E-state index contributed by atoms with van der Waals surface area (Å²) in [6.45, 7) is 7.44. The van der Waals surface area contributed by atoms with Gasteiger partial charge in [0, 0.05) is 10.4 Å². The lowest BCUT2D eigenvalue weighted by Gasteiger charge is -2.15. The third-order valence-electron chi connectivity index (χ3n) is 6.47. The Morgan fingerprint density at radius 1 is 1.03 bits per heavy atom. The van der Waals surface area contributed by atoms with E-state index in [1.54, 1.807) is 38.1 Å². The Kier molecular flexibility index (Phi) is 7.51. The van der Waals surface area contributed by atoms with Crippen molar-refractivity contribution in [1.29, 1.82) is 0 Å². The fraction of sp³-hybridized carbons (Fsp3) is 0.333. The number of carbonyl (C=O) groups excluding carboxylic acids is 2. The van der Waals surface area contributed by atoms with Crippen molar-refractivity contribution >= 4 is 43.9 Å². The van der Waals surface area contributed by atoms with E-state index in [1.807, 2.05) is 19.9 Å². The Balaban J connectivity index is 1.65. The Bertz CT molecular complexity index is 1440. The molecule has 1 aliphatic rings. The molecule has 0 saturated carbocycles. The van der Waals surface area contributed by atoms with Gasteiger partial charge in [0.05, 0.1) is 22.8 Å². The SMILES string of the molecule is CCOC(=O)c1c(NC(=O)c2ccc(C)c(S(=O)(=O)Nc3cccc(C)c3C)c2)sc2c1CCCC2. The molecule has 0 aliphatic heterocycles. The summed E-state index contributed by atoms with van der Waals surface area (Å²) in [7, 11) is -3.94. The van der Waals surface area contributed by atoms with Crippen LogP contribution in [-0.4, -0.2) is 26.9 Å². The van der Waals surface area contributed by atoms with Crippen molar-refractivity contribution in [3.8, 4) is 0 Å². The van der Waals surface area contributed by atoms with Crippen LogP contribution < -0.4 is 10.0 Å². The van der Waals surface area contributed by atoms with Crippen molar-refractivity contribution in [3.05, 3.63) is 74.7 Å². The second kappa shape index (κ2) is 10.4. The van der Waals surface area contributed by atoms with Crippen LogP contribution in [0.5, 0.6) is 0 Å². The fourth-order valence-corrected chi connectivity index (χ4v) is 7.01. The number of nitrogens with one attached hydrogen (secondary N) is 2. The normalized spacial score (nSPS) is 13.1. The van der Waals surface area contributed by atoms with E-state index in [-0.39, 0.29) is 17.1 Å². The third kappa shape index (κ3) is 5.17. The number of carbonyl (C=O) groups is 2. The molecule has 1 amide bonds. The molecular formula is C27H30N2O5S2. The van der Waals surface area contributed by atoms with Gasteiger partial charge in [0.2, 0.25) is 0 Å². The summed E-state index contributed by atoms with van der Waals surface area (Å²) in [5, 5.41) is 3.30. The van der Waals surface area contributed by atoms with Crippen LogP contribution in [0, 0.1) is 20.8 Å². The van der Waals surface area contributed by atoms with Crippen molar-refractivity contribution in [1.82, 2.24) is 0 Å². The molecule has 0 fully saturated rings.